The number of hydrogen-bond donors (Lipinski definition) is 2. The third-order valence-electron chi connectivity index (χ3n) is 4.28. The molecule has 7 nitrogen and oxygen atoms in total. The van der Waals surface area contributed by atoms with Gasteiger partial charge in [-0.15, -0.1) is 0 Å². The molecule has 0 aliphatic rings. The maximum atomic E-state index is 5.45. The van der Waals surface area contributed by atoms with Gasteiger partial charge in [-0.1, -0.05) is 30.3 Å². The predicted octanol–water partition coefficient (Wildman–Crippen LogP) is 4.35. The lowest BCUT2D eigenvalue weighted by molar-refractivity contribution is 0.198. The lowest BCUT2D eigenvalue weighted by Gasteiger charge is -2.14. The zero-order valence-corrected chi connectivity index (χ0v) is 16.9. The van der Waals surface area contributed by atoms with Crippen molar-refractivity contribution < 1.29 is 14.2 Å². The minimum absolute atomic E-state index is 0.465. The van der Waals surface area contributed by atoms with Crippen LogP contribution in [0.3, 0.4) is 0 Å². The summed E-state index contributed by atoms with van der Waals surface area (Å²) in [6.45, 7) is 1.44. The smallest absolute Gasteiger partial charge is 0.229 e. The molecule has 29 heavy (non-hydrogen) atoms. The van der Waals surface area contributed by atoms with Crippen molar-refractivity contribution in [2.24, 2.45) is 0 Å². The molecule has 2 aromatic carbocycles. The van der Waals surface area contributed by atoms with Crippen LogP contribution in [-0.4, -0.2) is 44.4 Å². The highest BCUT2D eigenvalue weighted by Crippen LogP contribution is 2.31. The Kier molecular flexibility index (Phi) is 7.24. The molecule has 1 heterocycles. The summed E-state index contributed by atoms with van der Waals surface area (Å²) in [5, 5.41) is 6.60. The van der Waals surface area contributed by atoms with Crippen LogP contribution in [0.1, 0.15) is 6.42 Å². The standard InChI is InChI=1S/C22H26N4O3/c1-27-13-7-12-23-21-15-18(16-8-5-4-6-9-16)24-22(26-21)25-19-14-17(28-2)10-11-20(19)29-3/h4-6,8-11,14-15H,7,12-13H2,1-3H3,(H2,23,24,25,26). The average molecular weight is 394 g/mol. The first kappa shape index (κ1) is 20.4. The van der Waals surface area contributed by atoms with Crippen LogP contribution in [-0.2, 0) is 4.74 Å². The van der Waals surface area contributed by atoms with Gasteiger partial charge < -0.3 is 24.8 Å². The van der Waals surface area contributed by atoms with Gasteiger partial charge in [0.05, 0.1) is 25.6 Å². The van der Waals surface area contributed by atoms with Crippen molar-refractivity contribution in [3.05, 3.63) is 54.6 Å². The van der Waals surface area contributed by atoms with Crippen molar-refractivity contribution in [3.63, 3.8) is 0 Å². The third-order valence-corrected chi connectivity index (χ3v) is 4.28. The Balaban J connectivity index is 1.92. The summed E-state index contributed by atoms with van der Waals surface area (Å²) in [5.41, 5.74) is 2.55. The Labute approximate surface area is 171 Å². The number of ether oxygens (including phenoxy) is 3. The molecule has 0 fully saturated rings. The van der Waals surface area contributed by atoms with Gasteiger partial charge in [0.15, 0.2) is 0 Å². The van der Waals surface area contributed by atoms with Crippen LogP contribution in [0.4, 0.5) is 17.5 Å². The zero-order valence-electron chi connectivity index (χ0n) is 16.9. The second kappa shape index (κ2) is 10.3. The number of aromatic nitrogens is 2. The first-order valence-corrected chi connectivity index (χ1v) is 9.40. The monoisotopic (exact) mass is 394 g/mol. The number of anilines is 3. The van der Waals surface area contributed by atoms with Gasteiger partial charge >= 0.3 is 0 Å². The van der Waals surface area contributed by atoms with Gasteiger partial charge in [-0.05, 0) is 18.6 Å². The molecule has 3 aromatic rings. The number of benzene rings is 2. The Morgan fingerprint density at radius 2 is 1.72 bits per heavy atom. The second-order valence-electron chi connectivity index (χ2n) is 6.29. The molecule has 3 rings (SSSR count). The Hall–Kier alpha value is -3.32. The lowest BCUT2D eigenvalue weighted by atomic mass is 10.1. The molecule has 0 saturated carbocycles. The summed E-state index contributed by atoms with van der Waals surface area (Å²) in [6, 6.07) is 17.5. The average Bonchev–Trinajstić information content (AvgIpc) is 2.77. The fraction of sp³-hybridized carbons (Fsp3) is 0.273. The van der Waals surface area contributed by atoms with E-state index in [1.807, 2.05) is 54.6 Å². The van der Waals surface area contributed by atoms with Gasteiger partial charge in [-0.25, -0.2) is 4.98 Å². The van der Waals surface area contributed by atoms with E-state index in [9.17, 15) is 0 Å². The molecule has 0 aliphatic carbocycles. The highest BCUT2D eigenvalue weighted by Gasteiger charge is 2.11. The molecule has 1 aromatic heterocycles. The van der Waals surface area contributed by atoms with Crippen molar-refractivity contribution in [1.82, 2.24) is 9.97 Å². The van der Waals surface area contributed by atoms with Crippen molar-refractivity contribution in [2.75, 3.05) is 45.1 Å². The van der Waals surface area contributed by atoms with Gasteiger partial charge in [0.2, 0.25) is 5.95 Å². The van der Waals surface area contributed by atoms with Crippen molar-refractivity contribution >= 4 is 17.5 Å². The van der Waals surface area contributed by atoms with Crippen molar-refractivity contribution in [1.29, 1.82) is 0 Å². The van der Waals surface area contributed by atoms with Crippen LogP contribution in [0.2, 0.25) is 0 Å². The molecule has 0 unspecified atom stereocenters. The Morgan fingerprint density at radius 3 is 2.45 bits per heavy atom. The van der Waals surface area contributed by atoms with Crippen LogP contribution in [0.25, 0.3) is 11.3 Å². The highest BCUT2D eigenvalue weighted by atomic mass is 16.5. The van der Waals surface area contributed by atoms with Gasteiger partial charge in [0.25, 0.3) is 0 Å². The van der Waals surface area contributed by atoms with Gasteiger partial charge in [-0.3, -0.25) is 0 Å². The Morgan fingerprint density at radius 1 is 0.897 bits per heavy atom. The van der Waals surface area contributed by atoms with E-state index in [0.29, 0.717) is 24.1 Å². The van der Waals surface area contributed by atoms with Crippen LogP contribution < -0.4 is 20.1 Å². The van der Waals surface area contributed by atoms with E-state index in [1.54, 1.807) is 21.3 Å². The van der Waals surface area contributed by atoms with Gasteiger partial charge in [0, 0.05) is 38.0 Å². The molecular formula is C22H26N4O3. The predicted molar refractivity (Wildman–Crippen MR) is 115 cm³/mol. The number of methoxy groups -OCH3 is 3. The molecule has 152 valence electrons. The molecule has 0 radical (unpaired) electrons. The Bertz CT molecular complexity index is 919. The summed E-state index contributed by atoms with van der Waals surface area (Å²) >= 11 is 0. The van der Waals surface area contributed by atoms with E-state index >= 15 is 0 Å². The van der Waals surface area contributed by atoms with E-state index in [4.69, 9.17) is 19.2 Å². The zero-order chi connectivity index (χ0) is 20.5. The molecule has 0 aliphatic heterocycles. The van der Waals surface area contributed by atoms with Crippen LogP contribution in [0.15, 0.2) is 54.6 Å². The molecule has 0 bridgehead atoms. The normalized spacial score (nSPS) is 10.4. The number of hydrogen-bond acceptors (Lipinski definition) is 7. The van der Waals surface area contributed by atoms with Crippen LogP contribution >= 0.6 is 0 Å². The topological polar surface area (TPSA) is 77.5 Å². The summed E-state index contributed by atoms with van der Waals surface area (Å²) in [7, 11) is 4.94. The summed E-state index contributed by atoms with van der Waals surface area (Å²) < 4.78 is 15.9. The summed E-state index contributed by atoms with van der Waals surface area (Å²) in [6.07, 6.45) is 0.883. The van der Waals surface area contributed by atoms with E-state index in [0.717, 1.165) is 35.7 Å². The summed E-state index contributed by atoms with van der Waals surface area (Å²) in [5.74, 6) is 2.59. The van der Waals surface area contributed by atoms with Crippen LogP contribution in [0.5, 0.6) is 11.5 Å². The van der Waals surface area contributed by atoms with E-state index < -0.39 is 0 Å². The van der Waals surface area contributed by atoms with Crippen molar-refractivity contribution in [3.8, 4) is 22.8 Å². The number of nitrogens with one attached hydrogen (secondary N) is 2. The minimum atomic E-state index is 0.465. The lowest BCUT2D eigenvalue weighted by Crippen LogP contribution is -2.08. The number of rotatable bonds is 10. The van der Waals surface area contributed by atoms with E-state index in [-0.39, 0.29) is 0 Å². The maximum Gasteiger partial charge on any atom is 0.229 e. The quantitative estimate of drug-likeness (QED) is 0.495. The van der Waals surface area contributed by atoms with Gasteiger partial charge in [-0.2, -0.15) is 4.98 Å². The van der Waals surface area contributed by atoms with E-state index in [2.05, 4.69) is 15.6 Å². The molecule has 0 saturated heterocycles. The molecule has 0 spiro atoms. The second-order valence-corrected chi connectivity index (χ2v) is 6.29. The van der Waals surface area contributed by atoms with Crippen LogP contribution in [0, 0.1) is 0 Å². The van der Waals surface area contributed by atoms with Gasteiger partial charge in [0.1, 0.15) is 17.3 Å². The SMILES string of the molecule is COCCCNc1cc(-c2ccccc2)nc(Nc2cc(OC)ccc2OC)n1. The molecule has 0 amide bonds. The molecule has 0 atom stereocenters. The summed E-state index contributed by atoms with van der Waals surface area (Å²) in [4.78, 5) is 9.30. The molecule has 7 heteroatoms. The maximum absolute atomic E-state index is 5.45. The highest BCUT2D eigenvalue weighted by molar-refractivity contribution is 5.69. The number of nitrogens with zero attached hydrogens (tertiary/aromatic N) is 2. The fourth-order valence-corrected chi connectivity index (χ4v) is 2.82. The minimum Gasteiger partial charge on any atom is -0.497 e. The first-order chi connectivity index (χ1) is 14.2. The molecular weight excluding hydrogens is 368 g/mol. The first-order valence-electron chi connectivity index (χ1n) is 9.40. The van der Waals surface area contributed by atoms with E-state index in [1.165, 1.54) is 0 Å². The fourth-order valence-electron chi connectivity index (χ4n) is 2.82. The molecule has 2 N–H and O–H groups in total. The third kappa shape index (κ3) is 5.58. The van der Waals surface area contributed by atoms with Crippen molar-refractivity contribution in [2.45, 2.75) is 6.42 Å². The largest absolute Gasteiger partial charge is 0.497 e.